The third-order valence-corrected chi connectivity index (χ3v) is 4.05. The molecule has 1 aromatic carbocycles. The molecule has 6 heteroatoms. The van der Waals surface area contributed by atoms with Gasteiger partial charge in [-0.2, -0.15) is 0 Å². The van der Waals surface area contributed by atoms with Crippen molar-refractivity contribution >= 4 is 22.0 Å². The van der Waals surface area contributed by atoms with Crippen molar-refractivity contribution in [3.8, 4) is 0 Å². The van der Waals surface area contributed by atoms with E-state index in [9.17, 15) is 9.18 Å². The molecule has 22 heavy (non-hydrogen) atoms. The lowest BCUT2D eigenvalue weighted by Crippen LogP contribution is -2.47. The van der Waals surface area contributed by atoms with Gasteiger partial charge in [-0.3, -0.25) is 4.90 Å². The quantitative estimate of drug-likeness (QED) is 0.719. The fourth-order valence-electron chi connectivity index (χ4n) is 2.43. The van der Waals surface area contributed by atoms with Crippen LogP contribution >= 0.6 is 15.9 Å². The fourth-order valence-corrected chi connectivity index (χ4v) is 2.67. The highest BCUT2D eigenvalue weighted by Gasteiger charge is 2.46. The highest BCUT2D eigenvalue weighted by molar-refractivity contribution is 9.10. The number of halogens is 2. The molecular formula is C16H21BrFNO3. The van der Waals surface area contributed by atoms with E-state index in [2.05, 4.69) is 15.9 Å². The van der Waals surface area contributed by atoms with Gasteiger partial charge in [0.2, 0.25) is 0 Å². The van der Waals surface area contributed by atoms with Crippen molar-refractivity contribution in [2.75, 3.05) is 6.61 Å². The number of rotatable bonds is 1. The summed E-state index contributed by atoms with van der Waals surface area (Å²) in [6.45, 7) is 9.32. The lowest BCUT2D eigenvalue weighted by molar-refractivity contribution is -0.0626. The SMILES string of the molecule is CC(C)(C)OC(=O)N1C(c2ccc(Br)c(F)c2)COC1(C)C. The molecule has 4 nitrogen and oxygen atoms in total. The van der Waals surface area contributed by atoms with Gasteiger partial charge >= 0.3 is 6.09 Å². The second-order valence-corrected chi connectivity index (χ2v) is 7.65. The summed E-state index contributed by atoms with van der Waals surface area (Å²) in [5, 5.41) is 0. The first kappa shape index (κ1) is 17.2. The molecule has 0 aliphatic carbocycles. The molecule has 0 radical (unpaired) electrons. The molecule has 0 N–H and O–H groups in total. The zero-order valence-electron chi connectivity index (χ0n) is 13.4. The molecule has 122 valence electrons. The Kier molecular flexibility index (Phi) is 4.55. The van der Waals surface area contributed by atoms with Crippen LogP contribution in [0.15, 0.2) is 22.7 Å². The third kappa shape index (κ3) is 3.60. The van der Waals surface area contributed by atoms with E-state index in [0.717, 1.165) is 0 Å². The standard InChI is InChI=1S/C16H21BrFNO3/c1-15(2,3)22-14(20)19-13(9-21-16(19,4)5)10-6-7-11(17)12(18)8-10/h6-8,13H,9H2,1-5H3. The Balaban J connectivity index is 2.33. The summed E-state index contributed by atoms with van der Waals surface area (Å²) in [6.07, 6.45) is -0.469. The average molecular weight is 374 g/mol. The summed E-state index contributed by atoms with van der Waals surface area (Å²) in [4.78, 5) is 14.1. The van der Waals surface area contributed by atoms with E-state index in [1.807, 2.05) is 20.8 Å². The fraction of sp³-hybridized carbons (Fsp3) is 0.562. The second kappa shape index (κ2) is 5.81. The molecule has 1 aliphatic rings. The Hall–Kier alpha value is -1.14. The predicted octanol–water partition coefficient (Wildman–Crippen LogP) is 4.63. The second-order valence-electron chi connectivity index (χ2n) is 6.80. The van der Waals surface area contributed by atoms with E-state index >= 15 is 0 Å². The molecule has 1 unspecified atom stereocenters. The molecule has 1 amide bonds. The van der Waals surface area contributed by atoms with Gasteiger partial charge in [-0.05, 0) is 68.2 Å². The van der Waals surface area contributed by atoms with Crippen molar-refractivity contribution in [1.82, 2.24) is 4.90 Å². The minimum atomic E-state index is -0.809. The zero-order chi connectivity index (χ0) is 16.7. The van der Waals surface area contributed by atoms with Crippen LogP contribution in [0, 0.1) is 5.82 Å². The maximum atomic E-state index is 13.8. The summed E-state index contributed by atoms with van der Waals surface area (Å²) in [7, 11) is 0. The van der Waals surface area contributed by atoms with Gasteiger partial charge in [0.25, 0.3) is 0 Å². The van der Waals surface area contributed by atoms with Crippen molar-refractivity contribution in [2.24, 2.45) is 0 Å². The van der Waals surface area contributed by atoms with Crippen LogP contribution in [0.3, 0.4) is 0 Å². The number of nitrogens with zero attached hydrogens (tertiary/aromatic N) is 1. The van der Waals surface area contributed by atoms with Crippen LogP contribution in [0.25, 0.3) is 0 Å². The summed E-state index contributed by atoms with van der Waals surface area (Å²) < 4.78 is 25.4. The minimum Gasteiger partial charge on any atom is -0.444 e. The minimum absolute atomic E-state index is 0.299. The molecule has 1 aromatic rings. The monoisotopic (exact) mass is 373 g/mol. The van der Waals surface area contributed by atoms with Crippen LogP contribution in [0.4, 0.5) is 9.18 Å². The van der Waals surface area contributed by atoms with E-state index < -0.39 is 17.4 Å². The predicted molar refractivity (Wildman–Crippen MR) is 84.9 cm³/mol. The van der Waals surface area contributed by atoms with E-state index in [1.54, 1.807) is 26.0 Å². The van der Waals surface area contributed by atoms with Crippen molar-refractivity contribution in [1.29, 1.82) is 0 Å². The Morgan fingerprint density at radius 2 is 2.09 bits per heavy atom. The number of hydrogen-bond acceptors (Lipinski definition) is 3. The average Bonchev–Trinajstić information content (AvgIpc) is 2.66. The molecule has 2 rings (SSSR count). The number of benzene rings is 1. The van der Waals surface area contributed by atoms with Gasteiger partial charge in [0.05, 0.1) is 17.1 Å². The van der Waals surface area contributed by atoms with E-state index in [-0.39, 0.29) is 11.9 Å². The smallest absolute Gasteiger partial charge is 0.413 e. The molecule has 0 saturated carbocycles. The van der Waals surface area contributed by atoms with Crippen LogP contribution < -0.4 is 0 Å². The van der Waals surface area contributed by atoms with Crippen LogP contribution in [-0.4, -0.2) is 28.9 Å². The first-order valence-electron chi connectivity index (χ1n) is 7.12. The number of carbonyl (C=O) groups is 1. The molecule has 0 aromatic heterocycles. The highest BCUT2D eigenvalue weighted by Crippen LogP contribution is 2.38. The number of carbonyl (C=O) groups excluding carboxylic acids is 1. The zero-order valence-corrected chi connectivity index (χ0v) is 15.0. The lowest BCUT2D eigenvalue weighted by Gasteiger charge is -2.35. The van der Waals surface area contributed by atoms with Gasteiger partial charge in [-0.25, -0.2) is 9.18 Å². The number of amides is 1. The first-order valence-corrected chi connectivity index (χ1v) is 7.92. The number of hydrogen-bond donors (Lipinski definition) is 0. The van der Waals surface area contributed by atoms with Gasteiger partial charge in [0, 0.05) is 0 Å². The Morgan fingerprint density at radius 3 is 2.64 bits per heavy atom. The lowest BCUT2D eigenvalue weighted by atomic mass is 10.1. The maximum absolute atomic E-state index is 13.8. The molecule has 1 aliphatic heterocycles. The highest BCUT2D eigenvalue weighted by atomic mass is 79.9. The topological polar surface area (TPSA) is 38.8 Å². The van der Waals surface area contributed by atoms with E-state index in [1.165, 1.54) is 11.0 Å². The third-order valence-electron chi connectivity index (χ3n) is 3.40. The normalized spacial score (nSPS) is 21.0. The summed E-state index contributed by atoms with van der Waals surface area (Å²) in [6, 6.07) is 4.44. The van der Waals surface area contributed by atoms with Gasteiger partial charge in [-0.1, -0.05) is 6.07 Å². The van der Waals surface area contributed by atoms with Crippen LogP contribution in [-0.2, 0) is 9.47 Å². The summed E-state index contributed by atoms with van der Waals surface area (Å²) in [5.74, 6) is -0.369. The molecule has 0 spiro atoms. The Morgan fingerprint density at radius 1 is 1.45 bits per heavy atom. The largest absolute Gasteiger partial charge is 0.444 e. The van der Waals surface area contributed by atoms with E-state index in [0.29, 0.717) is 16.6 Å². The molecule has 1 fully saturated rings. The maximum Gasteiger partial charge on any atom is 0.413 e. The summed E-state index contributed by atoms with van der Waals surface area (Å²) >= 11 is 3.13. The van der Waals surface area contributed by atoms with Gasteiger partial charge in [0.15, 0.2) is 0 Å². The molecule has 0 bridgehead atoms. The van der Waals surface area contributed by atoms with Gasteiger partial charge in [0.1, 0.15) is 17.1 Å². The van der Waals surface area contributed by atoms with Crippen molar-refractivity contribution in [2.45, 2.75) is 52.0 Å². The van der Waals surface area contributed by atoms with E-state index in [4.69, 9.17) is 9.47 Å². The Bertz CT molecular complexity index is 583. The van der Waals surface area contributed by atoms with Crippen molar-refractivity contribution in [3.05, 3.63) is 34.1 Å². The molecular weight excluding hydrogens is 353 g/mol. The van der Waals surface area contributed by atoms with Crippen LogP contribution in [0.5, 0.6) is 0 Å². The van der Waals surface area contributed by atoms with Crippen LogP contribution in [0.1, 0.15) is 46.2 Å². The van der Waals surface area contributed by atoms with Gasteiger partial charge in [-0.15, -0.1) is 0 Å². The van der Waals surface area contributed by atoms with Crippen molar-refractivity contribution in [3.63, 3.8) is 0 Å². The summed E-state index contributed by atoms with van der Waals surface area (Å²) in [5.41, 5.74) is -0.737. The van der Waals surface area contributed by atoms with Crippen LogP contribution in [0.2, 0.25) is 0 Å². The Labute approximate surface area is 138 Å². The molecule has 1 atom stereocenters. The van der Waals surface area contributed by atoms with Gasteiger partial charge < -0.3 is 9.47 Å². The molecule has 1 saturated heterocycles. The first-order chi connectivity index (χ1) is 10.0. The molecule has 1 heterocycles. The van der Waals surface area contributed by atoms with Crippen molar-refractivity contribution < 1.29 is 18.7 Å². The number of ether oxygens (including phenoxy) is 2.